The Kier molecular flexibility index (Phi) is 6.69. The molecule has 3 aromatic rings. The fourth-order valence-electron chi connectivity index (χ4n) is 3.91. The molecule has 1 aliphatic rings. The van der Waals surface area contributed by atoms with Gasteiger partial charge in [0.15, 0.2) is 0 Å². The molecule has 1 aliphatic heterocycles. The van der Waals surface area contributed by atoms with Crippen molar-refractivity contribution in [1.82, 2.24) is 9.47 Å². The van der Waals surface area contributed by atoms with E-state index in [1.807, 2.05) is 24.3 Å². The van der Waals surface area contributed by atoms with Crippen LogP contribution < -0.4 is 4.74 Å². The lowest BCUT2D eigenvalue weighted by Crippen LogP contribution is -2.29. The number of likely N-dealkylation sites (tertiary alicyclic amines) is 1. The first-order chi connectivity index (χ1) is 12.7. The van der Waals surface area contributed by atoms with Gasteiger partial charge < -0.3 is 9.30 Å². The second-order valence-electron chi connectivity index (χ2n) is 7.08. The van der Waals surface area contributed by atoms with E-state index in [4.69, 9.17) is 16.3 Å². The van der Waals surface area contributed by atoms with Crippen molar-refractivity contribution in [1.29, 1.82) is 0 Å². The van der Waals surface area contributed by atoms with Crippen molar-refractivity contribution < 1.29 is 4.74 Å². The minimum atomic E-state index is 0. The molecule has 0 saturated carbocycles. The number of nitrogens with zero attached hydrogens (tertiary/aromatic N) is 2. The molecule has 0 aliphatic carbocycles. The van der Waals surface area contributed by atoms with Gasteiger partial charge in [-0.25, -0.2) is 0 Å². The van der Waals surface area contributed by atoms with Crippen LogP contribution in [0.5, 0.6) is 5.75 Å². The van der Waals surface area contributed by atoms with Crippen LogP contribution in [0.3, 0.4) is 0 Å². The number of benzene rings is 2. The number of hydrogen-bond donors (Lipinski definition) is 0. The van der Waals surface area contributed by atoms with Gasteiger partial charge >= 0.3 is 0 Å². The Bertz CT molecular complexity index is 883. The highest BCUT2D eigenvalue weighted by Crippen LogP contribution is 2.29. The van der Waals surface area contributed by atoms with Gasteiger partial charge in [-0.3, -0.25) is 4.90 Å². The van der Waals surface area contributed by atoms with Crippen LogP contribution in [0.25, 0.3) is 10.9 Å². The van der Waals surface area contributed by atoms with E-state index >= 15 is 0 Å². The van der Waals surface area contributed by atoms with Crippen molar-refractivity contribution >= 4 is 34.9 Å². The highest BCUT2D eigenvalue weighted by Gasteiger charge is 2.19. The summed E-state index contributed by atoms with van der Waals surface area (Å²) in [4.78, 5) is 2.58. The molecule has 0 spiro atoms. The fourth-order valence-corrected chi connectivity index (χ4v) is 4.03. The molecule has 3 nitrogen and oxygen atoms in total. The number of aryl methyl sites for hydroxylation is 1. The summed E-state index contributed by atoms with van der Waals surface area (Å²) in [7, 11) is 2.14. The van der Waals surface area contributed by atoms with E-state index in [9.17, 15) is 0 Å². The van der Waals surface area contributed by atoms with Crippen molar-refractivity contribution in [3.05, 3.63) is 64.8 Å². The first-order valence-corrected chi connectivity index (χ1v) is 9.76. The number of fused-ring (bicyclic) bond motifs is 1. The Hall–Kier alpha value is -1.68. The van der Waals surface area contributed by atoms with Crippen LogP contribution in [0.2, 0.25) is 5.02 Å². The molecule has 0 atom stereocenters. The fraction of sp³-hybridized carbons (Fsp3) is 0.364. The summed E-state index contributed by atoms with van der Waals surface area (Å²) in [5, 5.41) is 2.07. The van der Waals surface area contributed by atoms with Gasteiger partial charge in [0, 0.05) is 29.5 Å². The second kappa shape index (κ2) is 9.01. The molecule has 0 bridgehead atoms. The second-order valence-corrected chi connectivity index (χ2v) is 7.52. The van der Waals surface area contributed by atoms with E-state index in [1.54, 1.807) is 0 Å². The van der Waals surface area contributed by atoms with Crippen molar-refractivity contribution in [2.75, 3.05) is 13.1 Å². The van der Waals surface area contributed by atoms with Crippen LogP contribution >= 0.6 is 24.0 Å². The van der Waals surface area contributed by atoms with Gasteiger partial charge in [-0.15, -0.1) is 12.4 Å². The topological polar surface area (TPSA) is 17.4 Å². The highest BCUT2D eigenvalue weighted by atomic mass is 35.5. The highest BCUT2D eigenvalue weighted by molar-refractivity contribution is 6.30. The third kappa shape index (κ3) is 4.43. The molecule has 4 rings (SSSR count). The Balaban J connectivity index is 0.00000210. The van der Waals surface area contributed by atoms with Gasteiger partial charge in [-0.2, -0.15) is 0 Å². The normalized spacial score (nSPS) is 14.9. The Morgan fingerprint density at radius 3 is 2.41 bits per heavy atom. The summed E-state index contributed by atoms with van der Waals surface area (Å²) in [5.74, 6) is 0.851. The molecular weight excluding hydrogens is 379 g/mol. The van der Waals surface area contributed by atoms with Gasteiger partial charge in [-0.05, 0) is 61.8 Å². The third-order valence-electron chi connectivity index (χ3n) is 5.36. The van der Waals surface area contributed by atoms with Crippen molar-refractivity contribution in [2.45, 2.75) is 32.4 Å². The zero-order valence-corrected chi connectivity index (χ0v) is 17.2. The molecule has 144 valence electrons. The van der Waals surface area contributed by atoms with E-state index in [0.717, 1.165) is 17.3 Å². The summed E-state index contributed by atoms with van der Waals surface area (Å²) < 4.78 is 8.37. The maximum absolute atomic E-state index is 6.09. The van der Waals surface area contributed by atoms with E-state index in [2.05, 4.69) is 40.8 Å². The maximum Gasteiger partial charge on any atom is 0.129 e. The molecule has 0 N–H and O–H groups in total. The molecular formula is C22H26Cl2N2O. The summed E-state index contributed by atoms with van der Waals surface area (Å²) in [6.45, 7) is 3.96. The minimum absolute atomic E-state index is 0. The molecule has 5 heteroatoms. The molecule has 1 saturated heterocycles. The van der Waals surface area contributed by atoms with Crippen molar-refractivity contribution in [2.24, 2.45) is 7.05 Å². The zero-order valence-electron chi connectivity index (χ0n) is 15.7. The number of aromatic nitrogens is 1. The van der Waals surface area contributed by atoms with Gasteiger partial charge in [0.1, 0.15) is 12.4 Å². The van der Waals surface area contributed by atoms with Crippen LogP contribution in [-0.2, 0) is 20.2 Å². The van der Waals surface area contributed by atoms with Crippen LogP contribution in [0.4, 0.5) is 0 Å². The minimum Gasteiger partial charge on any atom is -0.487 e. The number of piperidine rings is 1. The van der Waals surface area contributed by atoms with E-state index in [1.165, 1.54) is 54.5 Å². The molecule has 27 heavy (non-hydrogen) atoms. The van der Waals surface area contributed by atoms with E-state index < -0.39 is 0 Å². The average molecular weight is 405 g/mol. The largest absolute Gasteiger partial charge is 0.487 e. The average Bonchev–Trinajstić information content (AvgIpc) is 2.94. The van der Waals surface area contributed by atoms with Crippen molar-refractivity contribution in [3.8, 4) is 5.75 Å². The van der Waals surface area contributed by atoms with Gasteiger partial charge in [0.25, 0.3) is 0 Å². The number of para-hydroxylation sites is 1. The van der Waals surface area contributed by atoms with Gasteiger partial charge in [0.05, 0.1) is 5.69 Å². The Labute approximate surface area is 172 Å². The Morgan fingerprint density at radius 2 is 1.67 bits per heavy atom. The van der Waals surface area contributed by atoms with Gasteiger partial charge in [0.2, 0.25) is 0 Å². The first kappa shape index (κ1) is 20.1. The van der Waals surface area contributed by atoms with Gasteiger partial charge in [-0.1, -0.05) is 36.2 Å². The number of rotatable bonds is 5. The molecule has 2 heterocycles. The molecule has 1 fully saturated rings. The van der Waals surface area contributed by atoms with Crippen LogP contribution in [0.15, 0.2) is 48.5 Å². The molecule has 0 unspecified atom stereocenters. The third-order valence-corrected chi connectivity index (χ3v) is 5.62. The van der Waals surface area contributed by atoms with Crippen LogP contribution in [0, 0.1) is 0 Å². The number of ether oxygens (including phenoxy) is 1. The SMILES string of the molecule is Cl.Cn1c(COc2ccc(Cl)cc2)c(CN2CCCCC2)c2ccccc21. The lowest BCUT2D eigenvalue weighted by molar-refractivity contribution is 0.218. The molecule has 0 radical (unpaired) electrons. The summed E-state index contributed by atoms with van der Waals surface area (Å²) >= 11 is 5.98. The van der Waals surface area contributed by atoms with Crippen LogP contribution in [-0.4, -0.2) is 22.6 Å². The molecule has 1 aromatic heterocycles. The summed E-state index contributed by atoms with van der Waals surface area (Å²) in [5.41, 5.74) is 3.93. The lowest BCUT2D eigenvalue weighted by Gasteiger charge is -2.26. The van der Waals surface area contributed by atoms with Crippen LogP contribution in [0.1, 0.15) is 30.5 Å². The predicted molar refractivity (Wildman–Crippen MR) is 115 cm³/mol. The van der Waals surface area contributed by atoms with Crippen molar-refractivity contribution in [3.63, 3.8) is 0 Å². The maximum atomic E-state index is 6.09. The lowest BCUT2D eigenvalue weighted by atomic mass is 10.1. The predicted octanol–water partition coefficient (Wildman–Crippen LogP) is 5.82. The smallest absolute Gasteiger partial charge is 0.129 e. The van der Waals surface area contributed by atoms with E-state index in [0.29, 0.717) is 6.61 Å². The standard InChI is InChI=1S/C22H25ClN2O.ClH/c1-24-21-8-4-3-7-19(21)20(15-25-13-5-2-6-14-25)22(24)16-26-18-11-9-17(23)10-12-18;/h3-4,7-12H,2,5-6,13-16H2,1H3;1H. The zero-order chi connectivity index (χ0) is 17.9. The summed E-state index contributed by atoms with van der Waals surface area (Å²) in [6.07, 6.45) is 3.97. The Morgan fingerprint density at radius 1 is 0.963 bits per heavy atom. The summed E-state index contributed by atoms with van der Waals surface area (Å²) in [6, 6.07) is 16.3. The quantitative estimate of drug-likeness (QED) is 0.532. The molecule has 2 aromatic carbocycles. The number of halogens is 2. The number of hydrogen-bond acceptors (Lipinski definition) is 2. The first-order valence-electron chi connectivity index (χ1n) is 9.38. The van der Waals surface area contributed by atoms with E-state index in [-0.39, 0.29) is 12.4 Å². The molecule has 0 amide bonds. The monoisotopic (exact) mass is 404 g/mol.